The van der Waals surface area contributed by atoms with Gasteiger partial charge in [0, 0.05) is 12.5 Å². The van der Waals surface area contributed by atoms with Crippen molar-refractivity contribution in [3.05, 3.63) is 10.3 Å². The van der Waals surface area contributed by atoms with Crippen molar-refractivity contribution in [2.45, 2.75) is 20.0 Å². The van der Waals surface area contributed by atoms with E-state index in [1.165, 1.54) is 0 Å². The molecule has 82 valence electrons. The van der Waals surface area contributed by atoms with Gasteiger partial charge in [0.05, 0.1) is 6.61 Å². The Hall–Kier alpha value is 0.0400. The van der Waals surface area contributed by atoms with Gasteiger partial charge >= 0.3 is 0 Å². The zero-order chi connectivity index (χ0) is 10.8. The van der Waals surface area contributed by atoms with Crippen LogP contribution in [0.15, 0.2) is 10.3 Å². The van der Waals surface area contributed by atoms with Crippen molar-refractivity contribution in [1.29, 1.82) is 0 Å². The molecule has 0 amide bonds. The average molecular weight is 241 g/mol. The zero-order valence-corrected chi connectivity index (χ0v) is 9.98. The fourth-order valence-electron chi connectivity index (χ4n) is 1.36. The smallest absolute Gasteiger partial charge is 0.156 e. The molecule has 14 heavy (non-hydrogen) atoms. The number of halogens is 2. The Labute approximate surface area is 93.9 Å². The van der Waals surface area contributed by atoms with Crippen LogP contribution in [0.1, 0.15) is 13.8 Å². The summed E-state index contributed by atoms with van der Waals surface area (Å²) in [5.41, 5.74) is -0.136. The van der Waals surface area contributed by atoms with Crippen molar-refractivity contribution in [2.24, 2.45) is 5.41 Å². The minimum absolute atomic E-state index is 0.122. The molecule has 0 aliphatic carbocycles. The van der Waals surface area contributed by atoms with Crippen molar-refractivity contribution >= 4 is 23.2 Å². The van der Waals surface area contributed by atoms with Gasteiger partial charge in [-0.15, -0.1) is 0 Å². The molecular formula is C9H14Cl2O3. The van der Waals surface area contributed by atoms with Crippen LogP contribution in [0.2, 0.25) is 0 Å². The van der Waals surface area contributed by atoms with Crippen LogP contribution in [-0.4, -0.2) is 26.6 Å². The molecular weight excluding hydrogens is 227 g/mol. The summed E-state index contributed by atoms with van der Waals surface area (Å²) < 4.78 is 15.8. The van der Waals surface area contributed by atoms with Gasteiger partial charge in [-0.3, -0.25) is 0 Å². The molecule has 0 radical (unpaired) electrons. The molecule has 0 aromatic heterocycles. The fraction of sp³-hybridized carbons (Fsp3) is 0.778. The SMILES string of the molecule is COCO[C@H]1C(=C(Cl)Cl)OCC1(C)C. The highest BCUT2D eigenvalue weighted by atomic mass is 35.5. The van der Waals surface area contributed by atoms with Gasteiger partial charge in [0.1, 0.15) is 17.4 Å². The van der Waals surface area contributed by atoms with Crippen LogP contribution in [0.5, 0.6) is 0 Å². The van der Waals surface area contributed by atoms with E-state index in [4.69, 9.17) is 37.4 Å². The average Bonchev–Trinajstić information content (AvgIpc) is 2.38. The number of ether oxygens (including phenoxy) is 3. The van der Waals surface area contributed by atoms with Crippen molar-refractivity contribution in [3.63, 3.8) is 0 Å². The Balaban J connectivity index is 2.77. The van der Waals surface area contributed by atoms with Gasteiger partial charge in [0.25, 0.3) is 0 Å². The summed E-state index contributed by atoms with van der Waals surface area (Å²) in [5.74, 6) is 0.496. The maximum Gasteiger partial charge on any atom is 0.156 e. The summed E-state index contributed by atoms with van der Waals surface area (Å²) in [7, 11) is 1.56. The molecule has 0 saturated carbocycles. The van der Waals surface area contributed by atoms with Crippen molar-refractivity contribution in [3.8, 4) is 0 Å². The van der Waals surface area contributed by atoms with Crippen LogP contribution in [0.4, 0.5) is 0 Å². The van der Waals surface area contributed by atoms with E-state index in [1.807, 2.05) is 13.8 Å². The topological polar surface area (TPSA) is 27.7 Å². The van der Waals surface area contributed by atoms with E-state index >= 15 is 0 Å². The molecule has 3 nitrogen and oxygen atoms in total. The predicted molar refractivity (Wildman–Crippen MR) is 55.2 cm³/mol. The first kappa shape index (κ1) is 12.1. The van der Waals surface area contributed by atoms with Gasteiger partial charge in [0.15, 0.2) is 5.76 Å². The molecule has 1 aliphatic rings. The van der Waals surface area contributed by atoms with Crippen molar-refractivity contribution < 1.29 is 14.2 Å². The summed E-state index contributed by atoms with van der Waals surface area (Å²) in [6.45, 7) is 4.79. The van der Waals surface area contributed by atoms with E-state index in [2.05, 4.69) is 0 Å². The van der Waals surface area contributed by atoms with Crippen LogP contribution in [0.3, 0.4) is 0 Å². The standard InChI is InChI=1S/C9H14Cl2O3/c1-9(2)4-13-6(8(10)11)7(9)14-5-12-3/h7H,4-5H2,1-3H3/t7-/m0/s1. The molecule has 0 aromatic rings. The first-order chi connectivity index (χ1) is 6.49. The first-order valence-electron chi connectivity index (χ1n) is 4.27. The van der Waals surface area contributed by atoms with Gasteiger partial charge in [0.2, 0.25) is 0 Å². The van der Waals surface area contributed by atoms with Gasteiger partial charge in [-0.1, -0.05) is 37.0 Å². The van der Waals surface area contributed by atoms with Gasteiger partial charge in [-0.2, -0.15) is 0 Å². The summed E-state index contributed by atoms with van der Waals surface area (Å²) in [5, 5.41) is 0. The van der Waals surface area contributed by atoms with E-state index in [1.54, 1.807) is 7.11 Å². The van der Waals surface area contributed by atoms with Crippen LogP contribution < -0.4 is 0 Å². The van der Waals surface area contributed by atoms with Gasteiger partial charge < -0.3 is 14.2 Å². The van der Waals surface area contributed by atoms with Gasteiger partial charge in [-0.05, 0) is 0 Å². The quantitative estimate of drug-likeness (QED) is 0.711. The maximum absolute atomic E-state index is 5.68. The molecule has 5 heteroatoms. The molecule has 0 bridgehead atoms. The van der Waals surface area contributed by atoms with Crippen LogP contribution >= 0.6 is 23.2 Å². The molecule has 0 aromatic carbocycles. The summed E-state index contributed by atoms with van der Waals surface area (Å²) in [4.78, 5) is 0. The largest absolute Gasteiger partial charge is 0.492 e. The second kappa shape index (κ2) is 4.71. The summed E-state index contributed by atoms with van der Waals surface area (Å²) >= 11 is 11.4. The molecule has 1 atom stereocenters. The third-order valence-corrected chi connectivity index (χ3v) is 2.46. The lowest BCUT2D eigenvalue weighted by Crippen LogP contribution is -2.30. The third-order valence-electron chi connectivity index (χ3n) is 2.09. The molecule has 0 N–H and O–H groups in total. The molecule has 1 rings (SSSR count). The number of rotatable bonds is 3. The van der Waals surface area contributed by atoms with Crippen molar-refractivity contribution in [1.82, 2.24) is 0 Å². The van der Waals surface area contributed by atoms with E-state index in [-0.39, 0.29) is 22.8 Å². The molecule has 1 fully saturated rings. The normalized spacial score (nSPS) is 24.9. The van der Waals surface area contributed by atoms with Gasteiger partial charge in [-0.25, -0.2) is 0 Å². The Kier molecular flexibility index (Phi) is 4.07. The Morgan fingerprint density at radius 1 is 1.57 bits per heavy atom. The van der Waals surface area contributed by atoms with Crippen molar-refractivity contribution in [2.75, 3.05) is 20.5 Å². The Morgan fingerprint density at radius 3 is 2.71 bits per heavy atom. The first-order valence-corrected chi connectivity index (χ1v) is 5.03. The summed E-state index contributed by atoms with van der Waals surface area (Å²) in [6.07, 6.45) is -0.243. The number of hydrogen-bond acceptors (Lipinski definition) is 3. The van der Waals surface area contributed by atoms with E-state index in [9.17, 15) is 0 Å². The minimum Gasteiger partial charge on any atom is -0.492 e. The molecule has 1 aliphatic heterocycles. The highest BCUT2D eigenvalue weighted by Crippen LogP contribution is 2.39. The Morgan fingerprint density at radius 2 is 2.21 bits per heavy atom. The van der Waals surface area contributed by atoms with E-state index in [0.717, 1.165) is 0 Å². The summed E-state index contributed by atoms with van der Waals surface area (Å²) in [6, 6.07) is 0. The lowest BCUT2D eigenvalue weighted by atomic mass is 9.89. The number of methoxy groups -OCH3 is 1. The molecule has 1 saturated heterocycles. The highest BCUT2D eigenvalue weighted by molar-refractivity contribution is 6.56. The third kappa shape index (κ3) is 2.54. The highest BCUT2D eigenvalue weighted by Gasteiger charge is 2.42. The van der Waals surface area contributed by atoms with Crippen LogP contribution in [0.25, 0.3) is 0 Å². The monoisotopic (exact) mass is 240 g/mol. The predicted octanol–water partition coefficient (Wildman–Crippen LogP) is 2.68. The van der Waals surface area contributed by atoms with E-state index in [0.29, 0.717) is 12.4 Å². The molecule has 0 unspecified atom stereocenters. The second-order valence-corrected chi connectivity index (χ2v) is 4.80. The molecule has 1 heterocycles. The van der Waals surface area contributed by atoms with Crippen LogP contribution in [-0.2, 0) is 14.2 Å². The van der Waals surface area contributed by atoms with Crippen LogP contribution in [0, 0.1) is 5.41 Å². The number of hydrogen-bond donors (Lipinski definition) is 0. The Bertz CT molecular complexity index is 234. The lowest BCUT2D eigenvalue weighted by Gasteiger charge is -2.23. The fourth-order valence-corrected chi connectivity index (χ4v) is 1.67. The zero-order valence-electron chi connectivity index (χ0n) is 8.47. The lowest BCUT2D eigenvalue weighted by molar-refractivity contribution is -0.0854. The molecule has 0 spiro atoms. The second-order valence-electron chi connectivity index (χ2n) is 3.86. The van der Waals surface area contributed by atoms with E-state index < -0.39 is 0 Å². The minimum atomic E-state index is -0.243. The maximum atomic E-state index is 5.68.